The number of nitrogens with one attached hydrogen (secondary N) is 1. The van der Waals surface area contributed by atoms with Crippen LogP contribution in [0.25, 0.3) is 0 Å². The van der Waals surface area contributed by atoms with Gasteiger partial charge in [-0.1, -0.05) is 55.1 Å². The highest BCUT2D eigenvalue weighted by atomic mass is 32.2. The zero-order valence-electron chi connectivity index (χ0n) is 14.8. The fourth-order valence-electron chi connectivity index (χ4n) is 2.44. The zero-order chi connectivity index (χ0) is 19.1. The summed E-state index contributed by atoms with van der Waals surface area (Å²) >= 11 is 1.16. The first-order chi connectivity index (χ1) is 13.2. The molecule has 0 radical (unpaired) electrons. The molecule has 1 N–H and O–H groups in total. The molecular formula is C20H18N4O2S. The summed E-state index contributed by atoms with van der Waals surface area (Å²) in [6.45, 7) is 2.12. The molecule has 0 aliphatic heterocycles. The average Bonchev–Trinajstić information content (AvgIpc) is 3.15. The van der Waals surface area contributed by atoms with Gasteiger partial charge in [0.25, 0.3) is 5.22 Å². The number of para-hydroxylation sites is 1. The first-order valence-corrected chi connectivity index (χ1v) is 9.48. The van der Waals surface area contributed by atoms with Crippen LogP contribution in [0.2, 0.25) is 0 Å². The van der Waals surface area contributed by atoms with Gasteiger partial charge in [0, 0.05) is 0 Å². The van der Waals surface area contributed by atoms with E-state index in [2.05, 4.69) is 46.7 Å². The van der Waals surface area contributed by atoms with Gasteiger partial charge in [0.05, 0.1) is 23.4 Å². The van der Waals surface area contributed by atoms with E-state index in [0.29, 0.717) is 28.8 Å². The van der Waals surface area contributed by atoms with Crippen LogP contribution >= 0.6 is 11.8 Å². The van der Waals surface area contributed by atoms with Gasteiger partial charge in [-0.2, -0.15) is 5.26 Å². The van der Waals surface area contributed by atoms with Crippen LogP contribution in [0.1, 0.15) is 29.5 Å². The summed E-state index contributed by atoms with van der Waals surface area (Å²) in [6, 6.07) is 17.2. The highest BCUT2D eigenvalue weighted by Crippen LogP contribution is 2.19. The number of rotatable bonds is 7. The summed E-state index contributed by atoms with van der Waals surface area (Å²) in [6.07, 6.45) is 1.56. The minimum absolute atomic E-state index is 0.118. The van der Waals surface area contributed by atoms with E-state index in [1.165, 1.54) is 5.56 Å². The molecule has 0 atom stereocenters. The van der Waals surface area contributed by atoms with Crippen molar-refractivity contribution in [3.05, 3.63) is 71.1 Å². The predicted molar refractivity (Wildman–Crippen MR) is 103 cm³/mol. The molecule has 0 saturated heterocycles. The van der Waals surface area contributed by atoms with Gasteiger partial charge in [0.2, 0.25) is 11.8 Å². The summed E-state index contributed by atoms with van der Waals surface area (Å²) < 4.78 is 5.60. The Morgan fingerprint density at radius 2 is 1.89 bits per heavy atom. The second kappa shape index (κ2) is 9.01. The van der Waals surface area contributed by atoms with E-state index in [4.69, 9.17) is 9.68 Å². The molecule has 0 spiro atoms. The van der Waals surface area contributed by atoms with Crippen molar-refractivity contribution < 1.29 is 9.21 Å². The number of hydrogen-bond acceptors (Lipinski definition) is 6. The topological polar surface area (TPSA) is 91.8 Å². The minimum atomic E-state index is -0.238. The van der Waals surface area contributed by atoms with Crippen LogP contribution in [0.3, 0.4) is 0 Å². The fourth-order valence-corrected chi connectivity index (χ4v) is 3.02. The van der Waals surface area contributed by atoms with E-state index in [1.54, 1.807) is 24.3 Å². The normalized spacial score (nSPS) is 10.4. The molecule has 0 aliphatic carbocycles. The van der Waals surface area contributed by atoms with Gasteiger partial charge in [-0.05, 0) is 29.7 Å². The Kier molecular flexibility index (Phi) is 6.23. The summed E-state index contributed by atoms with van der Waals surface area (Å²) in [5.41, 5.74) is 3.29. The fraction of sp³-hybridized carbons (Fsp3) is 0.200. The molecule has 1 aromatic heterocycles. The van der Waals surface area contributed by atoms with Crippen LogP contribution in [0, 0.1) is 11.3 Å². The minimum Gasteiger partial charge on any atom is -0.416 e. The smallest absolute Gasteiger partial charge is 0.277 e. The monoisotopic (exact) mass is 378 g/mol. The van der Waals surface area contributed by atoms with Gasteiger partial charge < -0.3 is 9.73 Å². The Bertz CT molecular complexity index is 961. The Morgan fingerprint density at radius 3 is 2.63 bits per heavy atom. The molecule has 0 fully saturated rings. The first kappa shape index (κ1) is 18.7. The summed E-state index contributed by atoms with van der Waals surface area (Å²) in [5.74, 6) is 0.390. The van der Waals surface area contributed by atoms with Crippen LogP contribution in [0.5, 0.6) is 0 Å². The Balaban J connectivity index is 1.53. The van der Waals surface area contributed by atoms with Gasteiger partial charge in [0.15, 0.2) is 0 Å². The summed E-state index contributed by atoms with van der Waals surface area (Å²) in [7, 11) is 0. The third kappa shape index (κ3) is 5.19. The van der Waals surface area contributed by atoms with Crippen molar-refractivity contribution in [3.8, 4) is 6.07 Å². The van der Waals surface area contributed by atoms with E-state index < -0.39 is 0 Å². The standard InChI is InChI=1S/C20H18N4O2S/c1-2-14-7-9-15(10-8-14)11-19-23-24-20(26-19)27-13-18(25)22-17-6-4-3-5-16(17)12-21/h3-10H,2,11,13H2,1H3,(H,22,25). The Morgan fingerprint density at radius 1 is 1.15 bits per heavy atom. The van der Waals surface area contributed by atoms with Crippen LogP contribution in [0.4, 0.5) is 5.69 Å². The van der Waals surface area contributed by atoms with Crippen molar-refractivity contribution in [2.45, 2.75) is 25.0 Å². The number of carbonyl (C=O) groups excluding carboxylic acids is 1. The molecule has 0 aliphatic rings. The number of anilines is 1. The molecule has 0 saturated carbocycles. The predicted octanol–water partition coefficient (Wildman–Crippen LogP) is 3.83. The van der Waals surface area contributed by atoms with Gasteiger partial charge >= 0.3 is 0 Å². The van der Waals surface area contributed by atoms with Crippen molar-refractivity contribution in [1.29, 1.82) is 5.26 Å². The highest BCUT2D eigenvalue weighted by molar-refractivity contribution is 7.99. The van der Waals surface area contributed by atoms with E-state index in [-0.39, 0.29) is 11.7 Å². The third-order valence-electron chi connectivity index (χ3n) is 3.88. The molecule has 2 aromatic carbocycles. The van der Waals surface area contributed by atoms with E-state index in [9.17, 15) is 4.79 Å². The number of amides is 1. The van der Waals surface area contributed by atoms with E-state index >= 15 is 0 Å². The number of nitrogens with zero attached hydrogens (tertiary/aromatic N) is 3. The number of aryl methyl sites for hydroxylation is 1. The molecule has 3 aromatic rings. The van der Waals surface area contributed by atoms with Crippen molar-refractivity contribution in [3.63, 3.8) is 0 Å². The highest BCUT2D eigenvalue weighted by Gasteiger charge is 2.11. The van der Waals surface area contributed by atoms with Crippen molar-refractivity contribution in [2.24, 2.45) is 0 Å². The molecule has 3 rings (SSSR count). The second-order valence-electron chi connectivity index (χ2n) is 5.80. The number of aromatic nitrogens is 2. The molecule has 0 bridgehead atoms. The summed E-state index contributed by atoms with van der Waals surface area (Å²) in [5, 5.41) is 20.1. The third-order valence-corrected chi connectivity index (χ3v) is 4.70. The van der Waals surface area contributed by atoms with Crippen molar-refractivity contribution in [1.82, 2.24) is 10.2 Å². The quantitative estimate of drug-likeness (QED) is 0.628. The lowest BCUT2D eigenvalue weighted by Gasteiger charge is -2.05. The molecule has 27 heavy (non-hydrogen) atoms. The molecule has 0 unspecified atom stereocenters. The number of carbonyl (C=O) groups is 1. The van der Waals surface area contributed by atoms with Gasteiger partial charge in [0.1, 0.15) is 6.07 Å². The molecule has 136 valence electrons. The molecule has 6 nitrogen and oxygen atoms in total. The van der Waals surface area contributed by atoms with Gasteiger partial charge in [-0.25, -0.2) is 0 Å². The van der Waals surface area contributed by atoms with E-state index in [1.807, 2.05) is 6.07 Å². The van der Waals surface area contributed by atoms with Crippen molar-refractivity contribution in [2.75, 3.05) is 11.1 Å². The molecule has 7 heteroatoms. The lowest BCUT2D eigenvalue weighted by atomic mass is 10.1. The van der Waals surface area contributed by atoms with Crippen molar-refractivity contribution >= 4 is 23.4 Å². The number of thioether (sulfide) groups is 1. The molecule has 1 heterocycles. The maximum absolute atomic E-state index is 12.1. The van der Waals surface area contributed by atoms with Crippen LogP contribution in [-0.4, -0.2) is 21.9 Å². The van der Waals surface area contributed by atoms with E-state index in [0.717, 1.165) is 23.7 Å². The number of hydrogen-bond donors (Lipinski definition) is 1. The SMILES string of the molecule is CCc1ccc(Cc2nnc(SCC(=O)Nc3ccccc3C#N)o2)cc1. The van der Waals surface area contributed by atoms with Crippen LogP contribution in [-0.2, 0) is 17.6 Å². The molecular weight excluding hydrogens is 360 g/mol. The zero-order valence-corrected chi connectivity index (χ0v) is 15.6. The Labute approximate surface area is 161 Å². The Hall–Kier alpha value is -3.11. The lowest BCUT2D eigenvalue weighted by molar-refractivity contribution is -0.113. The first-order valence-electron chi connectivity index (χ1n) is 8.50. The average molecular weight is 378 g/mol. The van der Waals surface area contributed by atoms with Gasteiger partial charge in [-0.15, -0.1) is 10.2 Å². The lowest BCUT2D eigenvalue weighted by Crippen LogP contribution is -2.14. The van der Waals surface area contributed by atoms with Crippen LogP contribution in [0.15, 0.2) is 58.2 Å². The van der Waals surface area contributed by atoms with Crippen LogP contribution < -0.4 is 5.32 Å². The number of benzene rings is 2. The maximum Gasteiger partial charge on any atom is 0.277 e. The number of nitriles is 1. The maximum atomic E-state index is 12.1. The summed E-state index contributed by atoms with van der Waals surface area (Å²) in [4.78, 5) is 12.1. The second-order valence-corrected chi connectivity index (χ2v) is 6.73. The van der Waals surface area contributed by atoms with Gasteiger partial charge in [-0.3, -0.25) is 4.79 Å². The largest absolute Gasteiger partial charge is 0.416 e. The molecule has 1 amide bonds.